The molecule has 2 fully saturated rings. The van der Waals surface area contributed by atoms with Gasteiger partial charge in [0, 0.05) is 25.4 Å². The molecule has 92 valence electrons. The highest BCUT2D eigenvalue weighted by Crippen LogP contribution is 2.22. The molecule has 2 rings (SSSR count). The Hall–Kier alpha value is -0.420. The van der Waals surface area contributed by atoms with Crippen LogP contribution in [0, 0.1) is 5.92 Å². The number of carbonyl (C=O) groups is 1. The van der Waals surface area contributed by atoms with E-state index in [1.165, 1.54) is 19.4 Å². The van der Waals surface area contributed by atoms with E-state index >= 15 is 0 Å². The van der Waals surface area contributed by atoms with Crippen LogP contribution in [0.2, 0.25) is 0 Å². The van der Waals surface area contributed by atoms with E-state index in [0.717, 1.165) is 25.4 Å². The Morgan fingerprint density at radius 1 is 1.50 bits per heavy atom. The number of hydrogen-bond donors (Lipinski definition) is 2. The summed E-state index contributed by atoms with van der Waals surface area (Å²) in [6.45, 7) is 3.92. The van der Waals surface area contributed by atoms with Gasteiger partial charge in [0.05, 0.1) is 6.04 Å². The lowest BCUT2D eigenvalue weighted by Crippen LogP contribution is -2.43. The number of nitrogens with zero attached hydrogens (tertiary/aromatic N) is 2. The number of hydrogen-bond acceptors (Lipinski definition) is 3. The molecule has 1 N–H and O–H groups in total. The summed E-state index contributed by atoms with van der Waals surface area (Å²) in [6.07, 6.45) is 2.49. The molecule has 0 bridgehead atoms. The molecule has 0 aromatic carbocycles. The largest absolute Gasteiger partial charge is 0.333 e. The van der Waals surface area contributed by atoms with Crippen molar-refractivity contribution in [3.05, 3.63) is 0 Å². The molecule has 2 atom stereocenters. The Morgan fingerprint density at radius 3 is 3.00 bits per heavy atom. The number of rotatable bonds is 3. The molecule has 0 aromatic heterocycles. The van der Waals surface area contributed by atoms with Crippen LogP contribution >= 0.6 is 12.6 Å². The highest BCUT2D eigenvalue weighted by molar-refractivity contribution is 7.80. The zero-order valence-corrected chi connectivity index (χ0v) is 10.7. The van der Waals surface area contributed by atoms with Gasteiger partial charge in [0.1, 0.15) is 0 Å². The molecule has 0 aromatic rings. The van der Waals surface area contributed by atoms with Gasteiger partial charge in [-0.25, -0.2) is 4.79 Å². The average Bonchev–Trinajstić information content (AvgIpc) is 2.61. The fourth-order valence-corrected chi connectivity index (χ4v) is 2.97. The molecule has 0 spiro atoms. The van der Waals surface area contributed by atoms with E-state index in [1.54, 1.807) is 0 Å². The van der Waals surface area contributed by atoms with Gasteiger partial charge < -0.3 is 15.1 Å². The van der Waals surface area contributed by atoms with Gasteiger partial charge in [0.2, 0.25) is 0 Å². The van der Waals surface area contributed by atoms with Crippen LogP contribution in [0.1, 0.15) is 12.8 Å². The molecule has 0 saturated carbocycles. The highest BCUT2D eigenvalue weighted by Gasteiger charge is 2.34. The lowest BCUT2D eigenvalue weighted by molar-refractivity contribution is 0.180. The molecule has 2 heterocycles. The van der Waals surface area contributed by atoms with E-state index in [0.29, 0.717) is 12.0 Å². The number of carbonyl (C=O) groups excluding carboxylic acids is 1. The first-order valence-corrected chi connectivity index (χ1v) is 6.69. The topological polar surface area (TPSA) is 35.6 Å². The maximum Gasteiger partial charge on any atom is 0.317 e. The molecule has 16 heavy (non-hydrogen) atoms. The Kier molecular flexibility index (Phi) is 3.97. The van der Waals surface area contributed by atoms with Crippen molar-refractivity contribution in [3.63, 3.8) is 0 Å². The van der Waals surface area contributed by atoms with Crippen molar-refractivity contribution < 1.29 is 4.79 Å². The Morgan fingerprint density at radius 2 is 2.31 bits per heavy atom. The van der Waals surface area contributed by atoms with E-state index in [1.807, 2.05) is 4.90 Å². The van der Waals surface area contributed by atoms with Gasteiger partial charge in [-0.1, -0.05) is 0 Å². The normalized spacial score (nSPS) is 31.9. The summed E-state index contributed by atoms with van der Waals surface area (Å²) in [5.41, 5.74) is 0. The second-order valence-corrected chi connectivity index (χ2v) is 5.34. The molecule has 2 unspecified atom stereocenters. The van der Waals surface area contributed by atoms with E-state index in [2.05, 4.69) is 29.9 Å². The minimum absolute atomic E-state index is 0.0901. The number of thiol groups is 1. The Bertz CT molecular complexity index is 262. The smallest absolute Gasteiger partial charge is 0.317 e. The van der Waals surface area contributed by atoms with Crippen LogP contribution < -0.4 is 5.32 Å². The predicted octanol–water partition coefficient (Wildman–Crippen LogP) is 0.652. The molecule has 2 amide bonds. The van der Waals surface area contributed by atoms with Gasteiger partial charge in [-0.2, -0.15) is 12.6 Å². The molecule has 4 nitrogen and oxygen atoms in total. The third-order valence-corrected chi connectivity index (χ3v) is 3.81. The van der Waals surface area contributed by atoms with E-state index in [4.69, 9.17) is 0 Å². The number of nitrogens with one attached hydrogen (secondary N) is 1. The third kappa shape index (κ3) is 2.63. The Balaban J connectivity index is 1.89. The summed E-state index contributed by atoms with van der Waals surface area (Å²) in [5, 5.41) is 3.11. The predicted molar refractivity (Wildman–Crippen MR) is 68.0 cm³/mol. The summed E-state index contributed by atoms with van der Waals surface area (Å²) in [6, 6.07) is 0.433. The van der Waals surface area contributed by atoms with Gasteiger partial charge in [-0.3, -0.25) is 0 Å². The summed E-state index contributed by atoms with van der Waals surface area (Å²) in [7, 11) is 2.16. The minimum atomic E-state index is 0.0901. The van der Waals surface area contributed by atoms with Crippen LogP contribution in [-0.2, 0) is 0 Å². The summed E-state index contributed by atoms with van der Waals surface area (Å²) in [4.78, 5) is 15.9. The van der Waals surface area contributed by atoms with Crippen molar-refractivity contribution in [2.24, 2.45) is 5.92 Å². The summed E-state index contributed by atoms with van der Waals surface area (Å²) in [5.74, 6) is 1.36. The highest BCUT2D eigenvalue weighted by atomic mass is 32.1. The number of amides is 2. The van der Waals surface area contributed by atoms with Crippen LogP contribution in [0.5, 0.6) is 0 Å². The Labute approximate surface area is 103 Å². The fourth-order valence-electron chi connectivity index (χ4n) is 2.73. The maximum atomic E-state index is 11.7. The van der Waals surface area contributed by atoms with Crippen LogP contribution in [0.3, 0.4) is 0 Å². The van der Waals surface area contributed by atoms with Crippen molar-refractivity contribution in [2.75, 3.05) is 39.0 Å². The molecule has 2 aliphatic rings. The van der Waals surface area contributed by atoms with Gasteiger partial charge in [-0.15, -0.1) is 0 Å². The van der Waals surface area contributed by atoms with Crippen molar-refractivity contribution in [2.45, 2.75) is 18.9 Å². The van der Waals surface area contributed by atoms with Gasteiger partial charge in [0.15, 0.2) is 0 Å². The first-order chi connectivity index (χ1) is 7.70. The van der Waals surface area contributed by atoms with Crippen LogP contribution in [0.4, 0.5) is 4.79 Å². The number of piperidine rings is 1. The van der Waals surface area contributed by atoms with Crippen molar-refractivity contribution in [1.82, 2.24) is 15.1 Å². The van der Waals surface area contributed by atoms with Crippen molar-refractivity contribution in [1.29, 1.82) is 0 Å². The van der Waals surface area contributed by atoms with E-state index in [9.17, 15) is 4.79 Å². The van der Waals surface area contributed by atoms with E-state index < -0.39 is 0 Å². The monoisotopic (exact) mass is 243 g/mol. The second kappa shape index (κ2) is 5.27. The molecule has 0 radical (unpaired) electrons. The lowest BCUT2D eigenvalue weighted by Gasteiger charge is -2.32. The van der Waals surface area contributed by atoms with Crippen LogP contribution in [0.15, 0.2) is 0 Å². The van der Waals surface area contributed by atoms with Gasteiger partial charge in [-0.05, 0) is 32.4 Å². The molecule has 2 saturated heterocycles. The quantitative estimate of drug-likeness (QED) is 0.714. The third-order valence-electron chi connectivity index (χ3n) is 3.61. The fraction of sp³-hybridized carbons (Fsp3) is 0.909. The SMILES string of the molecule is CN1CCCC(C2CN(CCS)C(=O)N2)C1. The number of urea groups is 1. The molecular weight excluding hydrogens is 222 g/mol. The zero-order valence-electron chi connectivity index (χ0n) is 9.85. The molecule has 0 aliphatic carbocycles. The van der Waals surface area contributed by atoms with Gasteiger partial charge in [0.25, 0.3) is 0 Å². The molecule has 5 heteroatoms. The first kappa shape index (κ1) is 12.0. The van der Waals surface area contributed by atoms with Gasteiger partial charge >= 0.3 is 6.03 Å². The molecule has 2 aliphatic heterocycles. The molecular formula is C11H21N3OS. The number of likely N-dealkylation sites (tertiary alicyclic amines) is 1. The zero-order chi connectivity index (χ0) is 11.5. The standard InChI is InChI=1S/C11H21N3OS/c1-13-4-2-3-9(7-13)10-8-14(5-6-16)11(15)12-10/h9-10,16H,2-8H2,1H3,(H,12,15). The van der Waals surface area contributed by atoms with Crippen molar-refractivity contribution in [3.8, 4) is 0 Å². The summed E-state index contributed by atoms with van der Waals surface area (Å²) < 4.78 is 0. The first-order valence-electron chi connectivity index (χ1n) is 6.05. The minimum Gasteiger partial charge on any atom is -0.333 e. The maximum absolute atomic E-state index is 11.7. The van der Waals surface area contributed by atoms with E-state index in [-0.39, 0.29) is 6.03 Å². The van der Waals surface area contributed by atoms with Crippen LogP contribution in [0.25, 0.3) is 0 Å². The summed E-state index contributed by atoms with van der Waals surface area (Å²) >= 11 is 4.18. The van der Waals surface area contributed by atoms with Crippen molar-refractivity contribution >= 4 is 18.7 Å². The van der Waals surface area contributed by atoms with Crippen LogP contribution in [-0.4, -0.2) is 60.9 Å². The second-order valence-electron chi connectivity index (χ2n) is 4.89. The lowest BCUT2D eigenvalue weighted by atomic mass is 9.91. The average molecular weight is 243 g/mol.